The number of halogens is 2. The SMILES string of the molecule is CN1CCN(c2cccc(CN3CCC(F)(F)C3)c2)CC1. The van der Waals surface area contributed by atoms with E-state index in [1.54, 1.807) is 0 Å². The highest BCUT2D eigenvalue weighted by Gasteiger charge is 2.37. The number of likely N-dealkylation sites (N-methyl/N-ethyl adjacent to an activating group) is 1. The third-order valence-corrected chi connectivity index (χ3v) is 4.43. The molecule has 2 fully saturated rings. The molecule has 1 aromatic rings. The monoisotopic (exact) mass is 295 g/mol. The number of hydrogen-bond acceptors (Lipinski definition) is 3. The summed E-state index contributed by atoms with van der Waals surface area (Å²) < 4.78 is 26.5. The maximum Gasteiger partial charge on any atom is 0.261 e. The molecule has 2 aliphatic rings. The van der Waals surface area contributed by atoms with Crippen molar-refractivity contribution in [1.82, 2.24) is 9.80 Å². The Morgan fingerprint density at radius 3 is 2.52 bits per heavy atom. The van der Waals surface area contributed by atoms with Gasteiger partial charge in [0, 0.05) is 51.4 Å². The molecule has 0 aromatic heterocycles. The lowest BCUT2D eigenvalue weighted by molar-refractivity contribution is 0.0115. The van der Waals surface area contributed by atoms with Crippen LogP contribution in [0.1, 0.15) is 12.0 Å². The molecule has 3 rings (SSSR count). The van der Waals surface area contributed by atoms with Crippen LogP contribution in [0.4, 0.5) is 14.5 Å². The third kappa shape index (κ3) is 3.71. The van der Waals surface area contributed by atoms with Gasteiger partial charge in [0.05, 0.1) is 6.54 Å². The largest absolute Gasteiger partial charge is 0.369 e. The summed E-state index contributed by atoms with van der Waals surface area (Å²) in [5.74, 6) is -2.50. The maximum atomic E-state index is 13.2. The van der Waals surface area contributed by atoms with E-state index in [4.69, 9.17) is 0 Å². The number of nitrogens with zero attached hydrogens (tertiary/aromatic N) is 3. The first-order valence-corrected chi connectivity index (χ1v) is 7.64. The summed E-state index contributed by atoms with van der Waals surface area (Å²) in [6, 6.07) is 8.35. The summed E-state index contributed by atoms with van der Waals surface area (Å²) in [7, 11) is 2.14. The smallest absolute Gasteiger partial charge is 0.261 e. The zero-order valence-electron chi connectivity index (χ0n) is 12.6. The number of benzene rings is 1. The van der Waals surface area contributed by atoms with Crippen molar-refractivity contribution in [2.75, 3.05) is 51.2 Å². The fourth-order valence-corrected chi connectivity index (χ4v) is 3.12. The van der Waals surface area contributed by atoms with E-state index in [1.165, 1.54) is 5.69 Å². The maximum absolute atomic E-state index is 13.2. The van der Waals surface area contributed by atoms with Gasteiger partial charge in [-0.15, -0.1) is 0 Å². The standard InChI is InChI=1S/C16H23F2N3/c1-19-7-9-21(10-8-19)15-4-2-3-14(11-15)12-20-6-5-16(17,18)13-20/h2-4,11H,5-10,12-13H2,1H3. The van der Waals surface area contributed by atoms with E-state index in [0.29, 0.717) is 13.1 Å². The summed E-state index contributed by atoms with van der Waals surface area (Å²) >= 11 is 0. The van der Waals surface area contributed by atoms with Crippen LogP contribution in [0.2, 0.25) is 0 Å². The van der Waals surface area contributed by atoms with E-state index >= 15 is 0 Å². The Morgan fingerprint density at radius 2 is 1.86 bits per heavy atom. The number of piperazine rings is 1. The Balaban J connectivity index is 1.63. The van der Waals surface area contributed by atoms with Gasteiger partial charge in [0.2, 0.25) is 0 Å². The average Bonchev–Trinajstić information content (AvgIpc) is 2.79. The number of anilines is 1. The van der Waals surface area contributed by atoms with Gasteiger partial charge in [-0.05, 0) is 24.7 Å². The highest BCUT2D eigenvalue weighted by Crippen LogP contribution is 2.28. The summed E-state index contributed by atoms with van der Waals surface area (Å²) in [5.41, 5.74) is 2.34. The Kier molecular flexibility index (Phi) is 4.13. The van der Waals surface area contributed by atoms with E-state index in [1.807, 2.05) is 17.0 Å². The minimum atomic E-state index is -2.50. The molecule has 5 heteroatoms. The molecule has 3 nitrogen and oxygen atoms in total. The second-order valence-corrected chi connectivity index (χ2v) is 6.28. The Labute approximate surface area is 125 Å². The lowest BCUT2D eigenvalue weighted by Gasteiger charge is -2.34. The van der Waals surface area contributed by atoms with E-state index in [0.717, 1.165) is 31.7 Å². The van der Waals surface area contributed by atoms with Gasteiger partial charge in [0.15, 0.2) is 0 Å². The van der Waals surface area contributed by atoms with Crippen molar-refractivity contribution in [2.45, 2.75) is 18.9 Å². The third-order valence-electron chi connectivity index (χ3n) is 4.43. The van der Waals surface area contributed by atoms with Gasteiger partial charge < -0.3 is 9.80 Å². The van der Waals surface area contributed by atoms with Crippen molar-refractivity contribution < 1.29 is 8.78 Å². The van der Waals surface area contributed by atoms with Crippen LogP contribution in [0.3, 0.4) is 0 Å². The number of alkyl halides is 2. The highest BCUT2D eigenvalue weighted by molar-refractivity contribution is 5.49. The van der Waals surface area contributed by atoms with Crippen molar-refractivity contribution in [2.24, 2.45) is 0 Å². The quantitative estimate of drug-likeness (QED) is 0.847. The second kappa shape index (κ2) is 5.89. The van der Waals surface area contributed by atoms with E-state index in [-0.39, 0.29) is 13.0 Å². The van der Waals surface area contributed by atoms with Gasteiger partial charge >= 0.3 is 0 Å². The fourth-order valence-electron chi connectivity index (χ4n) is 3.12. The molecule has 0 saturated carbocycles. The van der Waals surface area contributed by atoms with Crippen molar-refractivity contribution in [3.63, 3.8) is 0 Å². The molecular weight excluding hydrogens is 272 g/mol. The van der Waals surface area contributed by atoms with Crippen molar-refractivity contribution >= 4 is 5.69 Å². The molecule has 2 saturated heterocycles. The van der Waals surface area contributed by atoms with E-state index in [2.05, 4.69) is 29.0 Å². The summed E-state index contributed by atoms with van der Waals surface area (Å²) in [4.78, 5) is 6.55. The van der Waals surface area contributed by atoms with Gasteiger partial charge in [-0.25, -0.2) is 8.78 Å². The number of likely N-dealkylation sites (tertiary alicyclic amines) is 1. The molecule has 116 valence electrons. The minimum absolute atomic E-state index is 0.00878. The van der Waals surface area contributed by atoms with Crippen LogP contribution in [0.15, 0.2) is 24.3 Å². The number of hydrogen-bond donors (Lipinski definition) is 0. The molecule has 0 amide bonds. The minimum Gasteiger partial charge on any atom is -0.369 e. The first-order chi connectivity index (χ1) is 10.0. The normalized spacial score (nSPS) is 23.7. The van der Waals surface area contributed by atoms with Gasteiger partial charge in [0.25, 0.3) is 5.92 Å². The zero-order chi connectivity index (χ0) is 14.9. The Hall–Kier alpha value is -1.20. The molecule has 2 aliphatic heterocycles. The molecule has 21 heavy (non-hydrogen) atoms. The lowest BCUT2D eigenvalue weighted by Crippen LogP contribution is -2.44. The van der Waals surface area contributed by atoms with Crippen LogP contribution < -0.4 is 4.90 Å². The molecule has 0 radical (unpaired) electrons. The van der Waals surface area contributed by atoms with Gasteiger partial charge in [-0.1, -0.05) is 12.1 Å². The molecule has 1 aromatic carbocycles. The molecular formula is C16H23F2N3. The predicted molar refractivity (Wildman–Crippen MR) is 81.0 cm³/mol. The van der Waals surface area contributed by atoms with Crippen molar-refractivity contribution in [3.8, 4) is 0 Å². The van der Waals surface area contributed by atoms with Crippen LogP contribution in [-0.2, 0) is 6.54 Å². The topological polar surface area (TPSA) is 9.72 Å². The Morgan fingerprint density at radius 1 is 1.10 bits per heavy atom. The molecule has 0 spiro atoms. The van der Waals surface area contributed by atoms with Gasteiger partial charge in [-0.2, -0.15) is 0 Å². The van der Waals surface area contributed by atoms with Crippen molar-refractivity contribution in [3.05, 3.63) is 29.8 Å². The zero-order valence-corrected chi connectivity index (χ0v) is 12.6. The summed E-state index contributed by atoms with van der Waals surface area (Å²) in [6.45, 7) is 5.21. The molecule has 2 heterocycles. The molecule has 0 bridgehead atoms. The Bertz CT molecular complexity index is 484. The molecule has 0 aliphatic carbocycles. The van der Waals surface area contributed by atoms with Crippen LogP contribution in [0.25, 0.3) is 0 Å². The second-order valence-electron chi connectivity index (χ2n) is 6.28. The predicted octanol–water partition coefficient (Wildman–Crippen LogP) is 2.28. The lowest BCUT2D eigenvalue weighted by atomic mass is 10.1. The molecule has 0 unspecified atom stereocenters. The van der Waals surface area contributed by atoms with E-state index < -0.39 is 5.92 Å². The van der Waals surface area contributed by atoms with Crippen molar-refractivity contribution in [1.29, 1.82) is 0 Å². The van der Waals surface area contributed by atoms with Gasteiger partial charge in [0.1, 0.15) is 0 Å². The first kappa shape index (κ1) is 14.7. The van der Waals surface area contributed by atoms with Crippen LogP contribution in [0.5, 0.6) is 0 Å². The number of rotatable bonds is 3. The summed E-state index contributed by atoms with van der Waals surface area (Å²) in [5, 5.41) is 0. The van der Waals surface area contributed by atoms with E-state index in [9.17, 15) is 8.78 Å². The van der Waals surface area contributed by atoms with Crippen LogP contribution in [-0.4, -0.2) is 62.0 Å². The average molecular weight is 295 g/mol. The summed E-state index contributed by atoms with van der Waals surface area (Å²) in [6.07, 6.45) is -0.00878. The first-order valence-electron chi connectivity index (χ1n) is 7.64. The van der Waals surface area contributed by atoms with Gasteiger partial charge in [-0.3, -0.25) is 4.90 Å². The van der Waals surface area contributed by atoms with Crippen LogP contribution >= 0.6 is 0 Å². The molecule has 0 N–H and O–H groups in total. The molecule has 0 atom stereocenters. The van der Waals surface area contributed by atoms with Crippen LogP contribution in [0, 0.1) is 0 Å². The fraction of sp³-hybridized carbons (Fsp3) is 0.625. The highest BCUT2D eigenvalue weighted by atomic mass is 19.3.